The van der Waals surface area contributed by atoms with Crippen molar-refractivity contribution in [1.82, 2.24) is 4.90 Å². The summed E-state index contributed by atoms with van der Waals surface area (Å²) in [5.41, 5.74) is 0. The van der Waals surface area contributed by atoms with Gasteiger partial charge in [0.2, 0.25) is 0 Å². The molecule has 1 aliphatic carbocycles. The maximum Gasteiger partial charge on any atom is 0.0206 e. The lowest BCUT2D eigenvalue weighted by Gasteiger charge is -2.28. The molecule has 0 spiro atoms. The minimum absolute atomic E-state index is 0.709. The second kappa shape index (κ2) is 4.36. The molecule has 1 unspecified atom stereocenters. The van der Waals surface area contributed by atoms with Gasteiger partial charge in [0.25, 0.3) is 0 Å². The molecule has 0 aliphatic heterocycles. The fourth-order valence-electron chi connectivity index (χ4n) is 2.08. The molecule has 1 rings (SSSR count). The predicted molar refractivity (Wildman–Crippen MR) is 53.3 cm³/mol. The maximum absolute atomic E-state index is 4.39. The summed E-state index contributed by atoms with van der Waals surface area (Å²) in [5, 5.41) is 0. The van der Waals surface area contributed by atoms with Gasteiger partial charge in [-0.15, -0.1) is 0 Å². The van der Waals surface area contributed by atoms with Gasteiger partial charge in [-0.1, -0.05) is 12.8 Å². The van der Waals surface area contributed by atoms with Gasteiger partial charge < -0.3 is 4.90 Å². The van der Waals surface area contributed by atoms with E-state index in [1.54, 1.807) is 0 Å². The summed E-state index contributed by atoms with van der Waals surface area (Å²) < 4.78 is 0. The first-order valence-electron chi connectivity index (χ1n) is 4.53. The van der Waals surface area contributed by atoms with Gasteiger partial charge in [0, 0.05) is 11.8 Å². The van der Waals surface area contributed by atoms with E-state index in [9.17, 15) is 0 Å². The molecule has 0 bridgehead atoms. The molecule has 1 fully saturated rings. The van der Waals surface area contributed by atoms with E-state index in [-0.39, 0.29) is 0 Å². The number of thiol groups is 1. The molecule has 0 radical (unpaired) electrons. The Morgan fingerprint density at radius 1 is 1.36 bits per heavy atom. The van der Waals surface area contributed by atoms with Crippen molar-refractivity contribution in [2.75, 3.05) is 19.8 Å². The minimum atomic E-state index is 0.709. The Labute approximate surface area is 75.6 Å². The summed E-state index contributed by atoms with van der Waals surface area (Å²) in [7, 11) is 4.33. The Balaban J connectivity index is 2.40. The number of hydrogen-bond acceptors (Lipinski definition) is 2. The van der Waals surface area contributed by atoms with Crippen LogP contribution in [0.1, 0.15) is 25.7 Å². The maximum atomic E-state index is 4.39. The van der Waals surface area contributed by atoms with Crippen molar-refractivity contribution in [2.45, 2.75) is 31.7 Å². The standard InChI is InChI=1S/C9H19NS/c1-10(2)9(7-11)8-5-3-4-6-8/h8-9,11H,3-7H2,1-2H3. The molecule has 0 amide bonds. The molecule has 0 heterocycles. The van der Waals surface area contributed by atoms with Crippen molar-refractivity contribution in [1.29, 1.82) is 0 Å². The first kappa shape index (κ1) is 9.40. The lowest BCUT2D eigenvalue weighted by atomic mass is 9.99. The predicted octanol–water partition coefficient (Wildman–Crippen LogP) is 2.04. The van der Waals surface area contributed by atoms with Gasteiger partial charge in [-0.2, -0.15) is 12.6 Å². The molecule has 0 aromatic rings. The van der Waals surface area contributed by atoms with Crippen molar-refractivity contribution >= 4 is 12.6 Å². The second-order valence-corrected chi connectivity index (χ2v) is 4.12. The van der Waals surface area contributed by atoms with Crippen molar-refractivity contribution in [3.8, 4) is 0 Å². The summed E-state index contributed by atoms with van der Waals surface area (Å²) in [6, 6.07) is 0.709. The topological polar surface area (TPSA) is 3.24 Å². The SMILES string of the molecule is CN(C)C(CS)C1CCCC1. The molecule has 0 aromatic carbocycles. The third-order valence-corrected chi connectivity index (χ3v) is 3.17. The van der Waals surface area contributed by atoms with Crippen molar-refractivity contribution < 1.29 is 0 Å². The van der Waals surface area contributed by atoms with Gasteiger partial charge in [-0.25, -0.2) is 0 Å². The Morgan fingerprint density at radius 3 is 2.27 bits per heavy atom. The van der Waals surface area contributed by atoms with Crippen LogP contribution in [0.4, 0.5) is 0 Å². The van der Waals surface area contributed by atoms with Crippen molar-refractivity contribution in [3.63, 3.8) is 0 Å². The molecule has 1 atom stereocenters. The van der Waals surface area contributed by atoms with E-state index in [1.807, 2.05) is 0 Å². The van der Waals surface area contributed by atoms with Crippen LogP contribution in [-0.4, -0.2) is 30.8 Å². The van der Waals surface area contributed by atoms with Gasteiger partial charge in [0.1, 0.15) is 0 Å². The van der Waals surface area contributed by atoms with Gasteiger partial charge in [-0.3, -0.25) is 0 Å². The lowest BCUT2D eigenvalue weighted by Crippen LogP contribution is -2.35. The Bertz CT molecular complexity index is 108. The van der Waals surface area contributed by atoms with E-state index in [4.69, 9.17) is 0 Å². The Morgan fingerprint density at radius 2 is 1.91 bits per heavy atom. The van der Waals surface area contributed by atoms with Gasteiger partial charge >= 0.3 is 0 Å². The number of rotatable bonds is 3. The van der Waals surface area contributed by atoms with Crippen LogP contribution in [0.2, 0.25) is 0 Å². The molecule has 1 saturated carbocycles. The summed E-state index contributed by atoms with van der Waals surface area (Å²) in [4.78, 5) is 2.32. The van der Waals surface area contributed by atoms with Crippen LogP contribution in [0.3, 0.4) is 0 Å². The zero-order valence-corrected chi connectivity index (χ0v) is 8.48. The van der Waals surface area contributed by atoms with Gasteiger partial charge in [0.15, 0.2) is 0 Å². The average molecular weight is 173 g/mol. The zero-order valence-electron chi connectivity index (χ0n) is 7.58. The molecule has 1 aliphatic rings. The van der Waals surface area contributed by atoms with E-state index in [2.05, 4.69) is 31.6 Å². The average Bonchev–Trinajstić information content (AvgIpc) is 2.40. The van der Waals surface area contributed by atoms with Gasteiger partial charge in [-0.05, 0) is 32.9 Å². The first-order chi connectivity index (χ1) is 5.25. The Hall–Kier alpha value is 0.310. The highest BCUT2D eigenvalue weighted by atomic mass is 32.1. The molecule has 2 heteroatoms. The smallest absolute Gasteiger partial charge is 0.0206 e. The third-order valence-electron chi connectivity index (χ3n) is 2.79. The number of nitrogens with zero attached hydrogens (tertiary/aromatic N) is 1. The van der Waals surface area contributed by atoms with Gasteiger partial charge in [0.05, 0.1) is 0 Å². The monoisotopic (exact) mass is 173 g/mol. The van der Waals surface area contributed by atoms with Crippen LogP contribution in [0.25, 0.3) is 0 Å². The summed E-state index contributed by atoms with van der Waals surface area (Å²) in [6.07, 6.45) is 5.71. The highest BCUT2D eigenvalue weighted by Crippen LogP contribution is 2.29. The molecule has 0 aromatic heterocycles. The fourth-order valence-corrected chi connectivity index (χ4v) is 2.70. The quantitative estimate of drug-likeness (QED) is 0.639. The molecular formula is C9H19NS. The minimum Gasteiger partial charge on any atom is -0.305 e. The number of hydrogen-bond donors (Lipinski definition) is 1. The highest BCUT2D eigenvalue weighted by Gasteiger charge is 2.24. The van der Waals surface area contributed by atoms with Crippen LogP contribution in [0, 0.1) is 5.92 Å². The van der Waals surface area contributed by atoms with E-state index in [0.29, 0.717) is 6.04 Å². The summed E-state index contributed by atoms with van der Waals surface area (Å²) >= 11 is 4.39. The zero-order chi connectivity index (χ0) is 8.27. The molecule has 0 saturated heterocycles. The summed E-state index contributed by atoms with van der Waals surface area (Å²) in [6.45, 7) is 0. The third kappa shape index (κ3) is 2.38. The van der Waals surface area contributed by atoms with E-state index in [0.717, 1.165) is 11.7 Å². The van der Waals surface area contributed by atoms with E-state index >= 15 is 0 Å². The fraction of sp³-hybridized carbons (Fsp3) is 1.00. The molecule has 0 N–H and O–H groups in total. The second-order valence-electron chi connectivity index (χ2n) is 3.76. The van der Waals surface area contributed by atoms with Crippen LogP contribution in [0.15, 0.2) is 0 Å². The molecule has 11 heavy (non-hydrogen) atoms. The van der Waals surface area contributed by atoms with Crippen molar-refractivity contribution in [3.05, 3.63) is 0 Å². The molecule has 66 valence electrons. The Kier molecular flexibility index (Phi) is 3.73. The lowest BCUT2D eigenvalue weighted by molar-refractivity contribution is 0.234. The highest BCUT2D eigenvalue weighted by molar-refractivity contribution is 7.80. The van der Waals surface area contributed by atoms with E-state index in [1.165, 1.54) is 25.7 Å². The summed E-state index contributed by atoms with van der Waals surface area (Å²) in [5.74, 6) is 1.93. The normalized spacial score (nSPS) is 22.9. The van der Waals surface area contributed by atoms with Crippen LogP contribution < -0.4 is 0 Å². The van der Waals surface area contributed by atoms with Crippen LogP contribution >= 0.6 is 12.6 Å². The largest absolute Gasteiger partial charge is 0.305 e. The first-order valence-corrected chi connectivity index (χ1v) is 5.16. The molecular weight excluding hydrogens is 154 g/mol. The van der Waals surface area contributed by atoms with Crippen LogP contribution in [0.5, 0.6) is 0 Å². The molecule has 1 nitrogen and oxygen atoms in total. The van der Waals surface area contributed by atoms with E-state index < -0.39 is 0 Å². The van der Waals surface area contributed by atoms with Crippen LogP contribution in [-0.2, 0) is 0 Å². The van der Waals surface area contributed by atoms with Crippen molar-refractivity contribution in [2.24, 2.45) is 5.92 Å².